The van der Waals surface area contributed by atoms with Crippen LogP contribution in [-0.2, 0) is 30.8 Å². The number of hydroxylamine groups is 1. The van der Waals surface area contributed by atoms with Crippen LogP contribution in [0.3, 0.4) is 0 Å². The number of carbonyl (C=O) groups excluding carboxylic acids is 4. The molecule has 13 heteroatoms. The Balaban J connectivity index is 1.45. The van der Waals surface area contributed by atoms with Crippen LogP contribution in [0.4, 0.5) is 4.79 Å². The molecule has 0 radical (unpaired) electrons. The van der Waals surface area contributed by atoms with Crippen molar-refractivity contribution in [2.45, 2.75) is 62.8 Å². The monoisotopic (exact) mass is 613 g/mol. The summed E-state index contributed by atoms with van der Waals surface area (Å²) >= 11 is 0. The molecule has 2 aliphatic rings. The van der Waals surface area contributed by atoms with Crippen molar-refractivity contribution in [1.29, 1.82) is 0 Å². The van der Waals surface area contributed by atoms with E-state index in [1.807, 2.05) is 44.2 Å². The van der Waals surface area contributed by atoms with Gasteiger partial charge in [0.1, 0.15) is 5.54 Å². The number of hydrazine groups is 1. The minimum absolute atomic E-state index is 0.00116. The fourth-order valence-electron chi connectivity index (χ4n) is 5.83. The van der Waals surface area contributed by atoms with E-state index in [0.717, 1.165) is 5.56 Å². The summed E-state index contributed by atoms with van der Waals surface area (Å²) in [4.78, 5) is 53.0. The summed E-state index contributed by atoms with van der Waals surface area (Å²) in [5.74, 6) is -3.93. The molecular formula is C30H39N5O7S. The SMILES string of the molecule is CC(C)C[C@@H](C(=O)NN1C(=O)NC2(CCN(S(=O)(=O)c3ccccc3)CC2)C1=O)[C@H](CCCc1ccccc1)C(=O)NO. The van der Waals surface area contributed by atoms with Gasteiger partial charge in [-0.2, -0.15) is 9.31 Å². The zero-order chi connectivity index (χ0) is 31.2. The van der Waals surface area contributed by atoms with Crippen molar-refractivity contribution >= 4 is 33.8 Å². The number of rotatable bonds is 12. The molecule has 232 valence electrons. The highest BCUT2D eigenvalue weighted by atomic mass is 32.2. The average molecular weight is 614 g/mol. The molecule has 4 N–H and O–H groups in total. The lowest BCUT2D eigenvalue weighted by molar-refractivity contribution is -0.146. The molecule has 4 rings (SSSR count). The first-order chi connectivity index (χ1) is 20.5. The molecule has 1 spiro atoms. The highest BCUT2D eigenvalue weighted by Gasteiger charge is 2.54. The van der Waals surface area contributed by atoms with E-state index >= 15 is 0 Å². The highest BCUT2D eigenvalue weighted by molar-refractivity contribution is 7.89. The Morgan fingerprint density at radius 3 is 2.14 bits per heavy atom. The number of hydrogen-bond donors (Lipinski definition) is 4. The van der Waals surface area contributed by atoms with Gasteiger partial charge in [0, 0.05) is 13.1 Å². The number of amides is 5. The lowest BCUT2D eigenvalue weighted by Crippen LogP contribution is -2.57. The molecule has 43 heavy (non-hydrogen) atoms. The minimum Gasteiger partial charge on any atom is -0.321 e. The van der Waals surface area contributed by atoms with Crippen molar-refractivity contribution in [3.05, 3.63) is 66.2 Å². The van der Waals surface area contributed by atoms with E-state index in [9.17, 15) is 32.8 Å². The third-order valence-corrected chi connectivity index (χ3v) is 10.1. The number of nitrogens with zero attached hydrogens (tertiary/aromatic N) is 2. The Labute approximate surface area is 251 Å². The van der Waals surface area contributed by atoms with Crippen LogP contribution in [0.15, 0.2) is 65.6 Å². The Hall–Kier alpha value is -3.81. The second-order valence-electron chi connectivity index (χ2n) is 11.5. The number of urea groups is 1. The number of hydrogen-bond acceptors (Lipinski definition) is 7. The van der Waals surface area contributed by atoms with Crippen LogP contribution in [0.25, 0.3) is 0 Å². The maximum Gasteiger partial charge on any atom is 0.344 e. The summed E-state index contributed by atoms with van der Waals surface area (Å²) in [5.41, 5.74) is 3.81. The molecule has 2 fully saturated rings. The van der Waals surface area contributed by atoms with Crippen LogP contribution in [0.2, 0.25) is 0 Å². The quantitative estimate of drug-likeness (QED) is 0.162. The number of nitrogens with one attached hydrogen (secondary N) is 3. The van der Waals surface area contributed by atoms with Crippen molar-refractivity contribution in [3.8, 4) is 0 Å². The van der Waals surface area contributed by atoms with E-state index in [1.54, 1.807) is 23.7 Å². The molecule has 2 aromatic rings. The van der Waals surface area contributed by atoms with Crippen molar-refractivity contribution in [1.82, 2.24) is 25.5 Å². The van der Waals surface area contributed by atoms with E-state index in [-0.39, 0.29) is 43.2 Å². The number of imide groups is 1. The van der Waals surface area contributed by atoms with Gasteiger partial charge < -0.3 is 5.32 Å². The van der Waals surface area contributed by atoms with Gasteiger partial charge >= 0.3 is 6.03 Å². The van der Waals surface area contributed by atoms with Gasteiger partial charge in [0.25, 0.3) is 5.91 Å². The second kappa shape index (κ2) is 13.7. The fraction of sp³-hybridized carbons (Fsp3) is 0.467. The van der Waals surface area contributed by atoms with Crippen LogP contribution in [0.5, 0.6) is 0 Å². The van der Waals surface area contributed by atoms with Gasteiger partial charge in [0.2, 0.25) is 21.8 Å². The standard InChI is InChI=1S/C30H39N5O7S/c1-21(2)20-25(24(27(37)33-40)15-9-12-22-10-5-3-6-11-22)26(36)32-35-28(38)30(31-29(35)39)16-18-34(19-17-30)43(41,42)23-13-7-4-8-14-23/h3-8,10-11,13-14,21,24-25,40H,9,12,15-20H2,1-2H3,(H,31,39)(H,32,36)(H,33,37)/t24-,25+/m0/s1. The van der Waals surface area contributed by atoms with Gasteiger partial charge in [0.15, 0.2) is 0 Å². The third-order valence-electron chi connectivity index (χ3n) is 8.16. The lowest BCUT2D eigenvalue weighted by Gasteiger charge is -2.36. The first kappa shape index (κ1) is 32.1. The Morgan fingerprint density at radius 2 is 1.56 bits per heavy atom. The van der Waals surface area contributed by atoms with Gasteiger partial charge in [-0.25, -0.2) is 18.7 Å². The van der Waals surface area contributed by atoms with Gasteiger partial charge in [-0.1, -0.05) is 62.4 Å². The Morgan fingerprint density at radius 1 is 0.953 bits per heavy atom. The molecule has 0 saturated carbocycles. The summed E-state index contributed by atoms with van der Waals surface area (Å²) in [7, 11) is -3.77. The van der Waals surface area contributed by atoms with Crippen molar-refractivity contribution in [2.75, 3.05) is 13.1 Å². The topological polar surface area (TPSA) is 165 Å². The Kier molecular flexibility index (Phi) is 10.2. The van der Waals surface area contributed by atoms with Gasteiger partial charge in [-0.05, 0) is 62.1 Å². The molecule has 0 bridgehead atoms. The predicted octanol–water partition coefficient (Wildman–Crippen LogP) is 2.60. The summed E-state index contributed by atoms with van der Waals surface area (Å²) in [6, 6.07) is 16.8. The number of piperidine rings is 1. The summed E-state index contributed by atoms with van der Waals surface area (Å²) in [5, 5.41) is 12.8. The zero-order valence-corrected chi connectivity index (χ0v) is 25.2. The maximum absolute atomic E-state index is 13.6. The van der Waals surface area contributed by atoms with Crippen LogP contribution in [0.1, 0.15) is 51.5 Å². The average Bonchev–Trinajstić information content (AvgIpc) is 3.22. The van der Waals surface area contributed by atoms with Crippen LogP contribution < -0.4 is 16.2 Å². The fourth-order valence-corrected chi connectivity index (χ4v) is 7.30. The van der Waals surface area contributed by atoms with Crippen molar-refractivity contribution in [2.24, 2.45) is 17.8 Å². The molecule has 0 unspecified atom stereocenters. The molecule has 12 nitrogen and oxygen atoms in total. The first-order valence-electron chi connectivity index (χ1n) is 14.5. The molecule has 2 aromatic carbocycles. The number of carbonyl (C=O) groups is 4. The van der Waals surface area contributed by atoms with E-state index in [1.165, 1.54) is 16.4 Å². The van der Waals surface area contributed by atoms with Crippen LogP contribution in [0, 0.1) is 17.8 Å². The van der Waals surface area contributed by atoms with Crippen molar-refractivity contribution in [3.63, 3.8) is 0 Å². The van der Waals surface area contributed by atoms with E-state index < -0.39 is 51.2 Å². The second-order valence-corrected chi connectivity index (χ2v) is 13.5. The molecule has 2 aliphatic heterocycles. The molecular weight excluding hydrogens is 574 g/mol. The summed E-state index contributed by atoms with van der Waals surface area (Å²) < 4.78 is 27.4. The number of aryl methyl sites for hydroxylation is 1. The molecule has 2 saturated heterocycles. The first-order valence-corrected chi connectivity index (χ1v) is 15.9. The normalized spacial score (nSPS) is 18.4. The third kappa shape index (κ3) is 7.23. The van der Waals surface area contributed by atoms with Gasteiger partial charge in [-0.3, -0.25) is 25.0 Å². The Bertz CT molecular complexity index is 1410. The molecule has 0 aliphatic carbocycles. The minimum atomic E-state index is -3.77. The van der Waals surface area contributed by atoms with E-state index in [2.05, 4.69) is 10.7 Å². The van der Waals surface area contributed by atoms with Crippen LogP contribution >= 0.6 is 0 Å². The van der Waals surface area contributed by atoms with Gasteiger partial charge in [-0.15, -0.1) is 0 Å². The van der Waals surface area contributed by atoms with Gasteiger partial charge in [0.05, 0.1) is 16.7 Å². The summed E-state index contributed by atoms with van der Waals surface area (Å²) in [6.45, 7) is 3.78. The van der Waals surface area contributed by atoms with E-state index in [4.69, 9.17) is 0 Å². The largest absolute Gasteiger partial charge is 0.344 e. The molecule has 5 amide bonds. The van der Waals surface area contributed by atoms with Crippen LogP contribution in [-0.4, -0.2) is 65.3 Å². The molecule has 2 heterocycles. The zero-order valence-electron chi connectivity index (χ0n) is 24.4. The number of sulfonamides is 1. The molecule has 0 aromatic heterocycles. The maximum atomic E-state index is 13.6. The summed E-state index contributed by atoms with van der Waals surface area (Å²) in [6.07, 6.45) is 1.86. The highest BCUT2D eigenvalue weighted by Crippen LogP contribution is 2.32. The molecule has 2 atom stereocenters. The van der Waals surface area contributed by atoms with E-state index in [0.29, 0.717) is 24.3 Å². The lowest BCUT2D eigenvalue weighted by atomic mass is 9.81. The van der Waals surface area contributed by atoms with Crippen molar-refractivity contribution < 1.29 is 32.8 Å². The number of benzene rings is 2. The smallest absolute Gasteiger partial charge is 0.321 e. The predicted molar refractivity (Wildman–Crippen MR) is 156 cm³/mol.